The number of benzene rings is 2. The van der Waals surface area contributed by atoms with Crippen LogP contribution in [-0.2, 0) is 25.5 Å². The third-order valence-corrected chi connectivity index (χ3v) is 13.7. The molecule has 13 heteroatoms. The van der Waals surface area contributed by atoms with Crippen LogP contribution in [0.2, 0.25) is 0 Å². The van der Waals surface area contributed by atoms with Gasteiger partial charge in [-0.15, -0.1) is 0 Å². The van der Waals surface area contributed by atoms with E-state index in [4.69, 9.17) is 23.7 Å². The summed E-state index contributed by atoms with van der Waals surface area (Å²) in [5, 5.41) is 32.4. The van der Waals surface area contributed by atoms with E-state index in [1.807, 2.05) is 82.0 Å². The fourth-order valence-electron chi connectivity index (χ4n) is 10.2. The number of phenols is 1. The number of ether oxygens (including phenoxy) is 5. The molecule has 13 nitrogen and oxygen atoms in total. The first-order valence-corrected chi connectivity index (χ1v) is 23.6. The summed E-state index contributed by atoms with van der Waals surface area (Å²) in [6.07, 6.45) is 23.8. The van der Waals surface area contributed by atoms with Crippen LogP contribution in [0.25, 0.3) is 12.2 Å². The first-order valence-electron chi connectivity index (χ1n) is 23.6. The summed E-state index contributed by atoms with van der Waals surface area (Å²) in [7, 11) is 0. The van der Waals surface area contributed by atoms with Gasteiger partial charge >= 0.3 is 11.9 Å². The number of aliphatic carboxylic acids is 2. The Morgan fingerprint density at radius 1 is 0.882 bits per heavy atom. The molecular weight excluding hydrogens is 867 g/mol. The Bertz CT molecular complexity index is 2580. The zero-order chi connectivity index (χ0) is 49.2. The van der Waals surface area contributed by atoms with Crippen molar-refractivity contribution in [1.82, 2.24) is 4.90 Å². The lowest BCUT2D eigenvalue weighted by atomic mass is 9.60. The molecule has 1 aliphatic carbocycles. The van der Waals surface area contributed by atoms with Gasteiger partial charge < -0.3 is 43.9 Å². The predicted molar refractivity (Wildman–Crippen MR) is 259 cm³/mol. The first-order chi connectivity index (χ1) is 32.2. The van der Waals surface area contributed by atoms with E-state index >= 15 is 0 Å². The van der Waals surface area contributed by atoms with E-state index in [0.717, 1.165) is 55.0 Å². The molecule has 2 aromatic carbocycles. The minimum Gasteiger partial charge on any atom is -0.506 e. The van der Waals surface area contributed by atoms with Crippen LogP contribution in [0, 0.1) is 5.92 Å². The Hall–Kier alpha value is -6.34. The second-order valence-electron chi connectivity index (χ2n) is 19.7. The third kappa shape index (κ3) is 9.54. The Labute approximate surface area is 399 Å². The monoisotopic (exact) mass is 931 g/mol. The Morgan fingerprint density at radius 2 is 1.60 bits per heavy atom. The van der Waals surface area contributed by atoms with E-state index in [1.165, 1.54) is 25.0 Å². The second-order valence-corrected chi connectivity index (χ2v) is 19.7. The van der Waals surface area contributed by atoms with Crippen molar-refractivity contribution in [3.63, 3.8) is 0 Å². The van der Waals surface area contributed by atoms with E-state index in [-0.39, 0.29) is 47.3 Å². The molecule has 1 amide bonds. The molecule has 362 valence electrons. The highest BCUT2D eigenvalue weighted by atomic mass is 16.7. The van der Waals surface area contributed by atoms with Crippen LogP contribution in [0.1, 0.15) is 134 Å². The number of Topliss-reactive ketones (excluding diaryl/α,β-unsaturated/α-hetero) is 1. The van der Waals surface area contributed by atoms with Crippen molar-refractivity contribution in [2.24, 2.45) is 5.92 Å². The van der Waals surface area contributed by atoms with Gasteiger partial charge in [-0.1, -0.05) is 59.7 Å². The molecule has 8 rings (SSSR count). The van der Waals surface area contributed by atoms with Gasteiger partial charge in [0.05, 0.1) is 11.2 Å². The molecular formula is C55H65NO12. The van der Waals surface area contributed by atoms with Crippen LogP contribution in [0.3, 0.4) is 0 Å². The maximum Gasteiger partial charge on any atom is 0.340 e. The predicted octanol–water partition coefficient (Wildman–Crippen LogP) is 10.5. The standard InChI is InChI=1S/C38H46O9.C17H19NO3/c1-21(2)11-10-18-36(8)19-17-24-29(39)28-30(40)26-12-9-13-27-35(6,7)47-37(34(43)44,20-16-23(5)33(41)42)38(26,27)46-32(28)25(31(24)45-36)15-14-22(3)4;19-17(18-10-4-1-5-11-18)7-3-2-6-14-8-9-15-16(12-14)21-13-20-15/h11-12,14,16-17,19,27,39H,9-10,13,15,18,20H2,1-8H3,(H,41,42)(H,43,44);2-3,6-9,12H,1,4-5,10-11,13H2. The second kappa shape index (κ2) is 19.7. The number of likely N-dealkylation sites (tertiary alicyclic amines) is 1. The number of rotatable bonds is 12. The van der Waals surface area contributed by atoms with Crippen molar-refractivity contribution in [1.29, 1.82) is 0 Å². The van der Waals surface area contributed by atoms with Gasteiger partial charge in [-0.05, 0) is 137 Å². The lowest BCUT2D eigenvalue weighted by Gasteiger charge is -2.50. The first kappa shape index (κ1) is 49.6. The number of nitrogens with zero attached hydrogens (tertiary/aromatic N) is 1. The molecule has 4 atom stereocenters. The van der Waals surface area contributed by atoms with Gasteiger partial charge in [0.15, 0.2) is 22.9 Å². The molecule has 0 radical (unpaired) electrons. The molecule has 0 saturated carbocycles. The Kier molecular flexibility index (Phi) is 14.4. The summed E-state index contributed by atoms with van der Waals surface area (Å²) in [6.45, 7) is 16.9. The zero-order valence-corrected chi connectivity index (χ0v) is 40.5. The van der Waals surface area contributed by atoms with Crippen LogP contribution >= 0.6 is 0 Å². The number of carbonyl (C=O) groups is 4. The number of amides is 1. The van der Waals surface area contributed by atoms with Crippen molar-refractivity contribution in [2.45, 2.75) is 136 Å². The number of carboxylic acid groups (broad SMARTS) is 2. The van der Waals surface area contributed by atoms with Crippen LogP contribution < -0.4 is 18.9 Å². The minimum absolute atomic E-state index is 0.0407. The van der Waals surface area contributed by atoms with Crippen LogP contribution in [0.5, 0.6) is 28.7 Å². The molecule has 3 N–H and O–H groups in total. The van der Waals surface area contributed by atoms with Crippen molar-refractivity contribution in [3.8, 4) is 28.7 Å². The van der Waals surface area contributed by atoms with Crippen molar-refractivity contribution >= 4 is 35.8 Å². The zero-order valence-electron chi connectivity index (χ0n) is 40.5. The van der Waals surface area contributed by atoms with Crippen LogP contribution in [0.4, 0.5) is 0 Å². The van der Waals surface area contributed by atoms with Crippen LogP contribution in [-0.4, -0.2) is 86.1 Å². The van der Waals surface area contributed by atoms with E-state index in [2.05, 4.69) is 6.08 Å². The summed E-state index contributed by atoms with van der Waals surface area (Å²) in [5.74, 6) is -1.88. The number of phenolic OH excluding ortho intramolecular Hbond substituents is 1. The lowest BCUT2D eigenvalue weighted by Crippen LogP contribution is -2.66. The molecule has 2 fully saturated rings. The summed E-state index contributed by atoms with van der Waals surface area (Å²) in [4.78, 5) is 53.9. The molecule has 0 aromatic heterocycles. The number of carbonyl (C=O) groups excluding carboxylic acids is 2. The highest BCUT2D eigenvalue weighted by Crippen LogP contribution is 2.64. The van der Waals surface area contributed by atoms with Crippen LogP contribution in [0.15, 0.2) is 89.1 Å². The lowest BCUT2D eigenvalue weighted by molar-refractivity contribution is -0.184. The van der Waals surface area contributed by atoms with E-state index in [1.54, 1.807) is 38.2 Å². The molecule has 5 aliphatic heterocycles. The van der Waals surface area contributed by atoms with E-state index < -0.39 is 46.0 Å². The number of piperidine rings is 1. The fourth-order valence-corrected chi connectivity index (χ4v) is 10.2. The Morgan fingerprint density at radius 3 is 2.29 bits per heavy atom. The number of hydrogen-bond donors (Lipinski definition) is 3. The summed E-state index contributed by atoms with van der Waals surface area (Å²) >= 11 is 0. The van der Waals surface area contributed by atoms with Gasteiger partial charge in [0.1, 0.15) is 28.4 Å². The van der Waals surface area contributed by atoms with Gasteiger partial charge in [0.25, 0.3) is 0 Å². The molecule has 4 unspecified atom stereocenters. The normalized spacial score (nSPS) is 25.1. The highest BCUT2D eigenvalue weighted by molar-refractivity contribution is 6.17. The number of carboxylic acids is 2. The van der Waals surface area contributed by atoms with Gasteiger partial charge in [-0.2, -0.15) is 0 Å². The maximum absolute atomic E-state index is 14.7. The molecule has 5 heterocycles. The number of ketones is 1. The number of allylic oxidation sites excluding steroid dienone is 7. The van der Waals surface area contributed by atoms with E-state index in [9.17, 15) is 34.5 Å². The maximum atomic E-state index is 14.7. The molecule has 0 bridgehead atoms. The number of fused-ring (bicyclic) bond motifs is 3. The van der Waals surface area contributed by atoms with Crippen molar-refractivity contribution in [3.05, 3.63) is 111 Å². The largest absolute Gasteiger partial charge is 0.506 e. The fraction of sp³-hybridized carbons (Fsp3) is 0.455. The molecule has 6 aliphatic rings. The summed E-state index contributed by atoms with van der Waals surface area (Å²) in [5.41, 5.74) is -1.65. The molecule has 68 heavy (non-hydrogen) atoms. The third-order valence-electron chi connectivity index (χ3n) is 13.7. The van der Waals surface area contributed by atoms with Gasteiger partial charge in [0, 0.05) is 48.2 Å². The van der Waals surface area contributed by atoms with Gasteiger partial charge in [-0.3, -0.25) is 9.59 Å². The van der Waals surface area contributed by atoms with Crippen molar-refractivity contribution < 1.29 is 58.2 Å². The summed E-state index contributed by atoms with van der Waals surface area (Å²) in [6, 6.07) is 5.79. The molecule has 2 aromatic rings. The average Bonchev–Trinajstić information content (AvgIpc) is 3.84. The Balaban J connectivity index is 0.000000270. The average molecular weight is 932 g/mol. The van der Waals surface area contributed by atoms with E-state index in [0.29, 0.717) is 42.6 Å². The molecule has 2 saturated heterocycles. The SMILES string of the molecule is CC(C)=CCCC1(C)C=Cc2c(O)c3c(c(CC=C(C)C)c2O1)OC12C(=CCCC1C(C)(C)OC2(CC=C(C)C(=O)O)C(=O)O)C3=O.O=C(C=CC=Cc1ccc2c(c1)OCO2)N1CCCCC1. The highest BCUT2D eigenvalue weighted by Gasteiger charge is 2.77. The summed E-state index contributed by atoms with van der Waals surface area (Å²) < 4.78 is 30.8. The minimum atomic E-state index is -2.16. The number of aromatic hydroxyl groups is 1. The van der Waals surface area contributed by atoms with Gasteiger partial charge in [0.2, 0.25) is 18.3 Å². The molecule has 1 spiro atoms. The number of hydrogen-bond acceptors (Lipinski definition) is 10. The van der Waals surface area contributed by atoms with Crippen molar-refractivity contribution in [2.75, 3.05) is 19.9 Å². The topological polar surface area (TPSA) is 178 Å². The van der Waals surface area contributed by atoms with Gasteiger partial charge in [-0.25, -0.2) is 9.59 Å². The quantitative estimate of drug-likeness (QED) is 0.104. The smallest absolute Gasteiger partial charge is 0.340 e.